The molecule has 2 aromatic rings. The van der Waals surface area contributed by atoms with Crippen molar-refractivity contribution < 1.29 is 18.3 Å². The van der Waals surface area contributed by atoms with Gasteiger partial charge in [0.2, 0.25) is 0 Å². The molecule has 0 aliphatic heterocycles. The predicted octanol–water partition coefficient (Wildman–Crippen LogP) is 4.60. The molecule has 0 N–H and O–H groups in total. The van der Waals surface area contributed by atoms with Crippen LogP contribution >= 0.6 is 0 Å². The van der Waals surface area contributed by atoms with E-state index in [9.17, 15) is 13.6 Å². The molecule has 114 valence electrons. The molecule has 0 aliphatic rings. The molecule has 0 aliphatic carbocycles. The molecule has 2 nitrogen and oxygen atoms in total. The van der Waals surface area contributed by atoms with Crippen molar-refractivity contribution in [3.8, 4) is 11.1 Å². The molecule has 0 heterocycles. The van der Waals surface area contributed by atoms with Crippen LogP contribution in [0.4, 0.5) is 8.78 Å². The molecule has 0 unspecified atom stereocenters. The number of rotatable bonds is 4. The molecule has 0 saturated carbocycles. The van der Waals surface area contributed by atoms with Gasteiger partial charge in [-0.1, -0.05) is 24.3 Å². The third kappa shape index (κ3) is 3.79. The number of benzene rings is 2. The van der Waals surface area contributed by atoms with Crippen LogP contribution in [-0.2, 0) is 9.53 Å². The number of hydrogen-bond acceptors (Lipinski definition) is 2. The largest absolute Gasteiger partial charge is 0.463 e. The zero-order chi connectivity index (χ0) is 16.1. The lowest BCUT2D eigenvalue weighted by atomic mass is 10.0. The maximum atomic E-state index is 13.7. The molecular formula is C18H16F2O2. The summed E-state index contributed by atoms with van der Waals surface area (Å²) in [6.45, 7) is 3.86. The average molecular weight is 302 g/mol. The summed E-state index contributed by atoms with van der Waals surface area (Å²) in [6.07, 6.45) is 1.41. The van der Waals surface area contributed by atoms with E-state index < -0.39 is 17.6 Å². The molecule has 2 rings (SSSR count). The second kappa shape index (κ2) is 6.98. The number of allylic oxidation sites excluding steroid dienone is 1. The fourth-order valence-electron chi connectivity index (χ4n) is 2.08. The summed E-state index contributed by atoms with van der Waals surface area (Å²) in [4.78, 5) is 11.4. The summed E-state index contributed by atoms with van der Waals surface area (Å²) in [7, 11) is 0. The highest BCUT2D eigenvalue weighted by Gasteiger charge is 2.07. The average Bonchev–Trinajstić information content (AvgIpc) is 2.47. The Bertz CT molecular complexity index is 704. The van der Waals surface area contributed by atoms with Gasteiger partial charge < -0.3 is 4.74 Å². The van der Waals surface area contributed by atoms with Crippen molar-refractivity contribution in [1.29, 1.82) is 0 Å². The Morgan fingerprint density at radius 2 is 1.82 bits per heavy atom. The van der Waals surface area contributed by atoms with Gasteiger partial charge in [-0.3, -0.25) is 0 Å². The van der Waals surface area contributed by atoms with Crippen LogP contribution in [-0.4, -0.2) is 12.6 Å². The highest BCUT2D eigenvalue weighted by atomic mass is 19.1. The molecule has 22 heavy (non-hydrogen) atoms. The molecule has 0 amide bonds. The minimum absolute atomic E-state index is 0.325. The molecule has 0 atom stereocenters. The third-order valence-corrected chi connectivity index (χ3v) is 3.20. The number of halogens is 2. The molecule has 0 bridgehead atoms. The van der Waals surface area contributed by atoms with Crippen LogP contribution in [0.3, 0.4) is 0 Å². The van der Waals surface area contributed by atoms with Gasteiger partial charge in [0.15, 0.2) is 0 Å². The number of carbonyl (C=O) groups excluding carboxylic acids is 1. The normalized spacial score (nSPS) is 11.4. The minimum Gasteiger partial charge on any atom is -0.463 e. The monoisotopic (exact) mass is 302 g/mol. The summed E-state index contributed by atoms with van der Waals surface area (Å²) < 4.78 is 31.5. The zero-order valence-electron chi connectivity index (χ0n) is 12.4. The first-order valence-corrected chi connectivity index (χ1v) is 6.92. The summed E-state index contributed by atoms with van der Waals surface area (Å²) in [6, 6.07) is 10.5. The van der Waals surface area contributed by atoms with Crippen LogP contribution in [0.25, 0.3) is 16.7 Å². The first-order valence-electron chi connectivity index (χ1n) is 6.92. The Kier molecular flexibility index (Phi) is 5.04. The topological polar surface area (TPSA) is 26.3 Å². The quantitative estimate of drug-likeness (QED) is 0.609. The number of hydrogen-bond donors (Lipinski definition) is 0. The van der Waals surface area contributed by atoms with E-state index in [2.05, 4.69) is 0 Å². The molecule has 2 aromatic carbocycles. The lowest BCUT2D eigenvalue weighted by Gasteiger charge is -2.06. The van der Waals surface area contributed by atoms with Gasteiger partial charge in [0, 0.05) is 17.7 Å². The van der Waals surface area contributed by atoms with Gasteiger partial charge in [0.1, 0.15) is 11.6 Å². The first-order chi connectivity index (χ1) is 10.5. The van der Waals surface area contributed by atoms with Crippen LogP contribution in [0, 0.1) is 11.6 Å². The Labute approximate surface area is 128 Å². The number of carbonyl (C=O) groups is 1. The summed E-state index contributed by atoms with van der Waals surface area (Å²) in [5.41, 5.74) is 2.56. The Balaban J connectivity index is 2.25. The van der Waals surface area contributed by atoms with Gasteiger partial charge >= 0.3 is 5.97 Å². The van der Waals surface area contributed by atoms with Crippen molar-refractivity contribution in [2.45, 2.75) is 13.8 Å². The molecular weight excluding hydrogens is 286 g/mol. The maximum absolute atomic E-state index is 13.7. The van der Waals surface area contributed by atoms with Crippen molar-refractivity contribution in [2.24, 2.45) is 0 Å². The lowest BCUT2D eigenvalue weighted by molar-refractivity contribution is -0.137. The SMILES string of the molecule is CCOC(=O)C=C(C)c1ccc(-c2ccc(F)cc2F)cc1. The molecule has 0 aromatic heterocycles. The van der Waals surface area contributed by atoms with Crippen LogP contribution in [0.1, 0.15) is 19.4 Å². The van der Waals surface area contributed by atoms with Gasteiger partial charge in [-0.25, -0.2) is 13.6 Å². The van der Waals surface area contributed by atoms with Crippen molar-refractivity contribution in [3.63, 3.8) is 0 Å². The van der Waals surface area contributed by atoms with E-state index in [-0.39, 0.29) is 0 Å². The molecule has 0 saturated heterocycles. The molecule has 4 heteroatoms. The van der Waals surface area contributed by atoms with E-state index in [0.717, 1.165) is 17.2 Å². The second-order valence-electron chi connectivity index (χ2n) is 4.78. The van der Waals surface area contributed by atoms with Gasteiger partial charge in [-0.2, -0.15) is 0 Å². The predicted molar refractivity (Wildman–Crippen MR) is 82.1 cm³/mol. The third-order valence-electron chi connectivity index (χ3n) is 3.20. The van der Waals surface area contributed by atoms with E-state index >= 15 is 0 Å². The molecule has 0 spiro atoms. The second-order valence-corrected chi connectivity index (χ2v) is 4.78. The van der Waals surface area contributed by atoms with E-state index in [1.807, 2.05) is 0 Å². The van der Waals surface area contributed by atoms with Crippen molar-refractivity contribution in [1.82, 2.24) is 0 Å². The smallest absolute Gasteiger partial charge is 0.331 e. The summed E-state index contributed by atoms with van der Waals surface area (Å²) in [5, 5.41) is 0. The molecule has 0 radical (unpaired) electrons. The van der Waals surface area contributed by atoms with Gasteiger partial charge in [0.25, 0.3) is 0 Å². The standard InChI is InChI=1S/C18H16F2O2/c1-3-22-18(21)10-12(2)13-4-6-14(7-5-13)16-9-8-15(19)11-17(16)20/h4-11H,3H2,1-2H3. The van der Waals surface area contributed by atoms with E-state index in [1.165, 1.54) is 18.2 Å². The van der Waals surface area contributed by atoms with Crippen molar-refractivity contribution in [3.05, 3.63) is 65.7 Å². The van der Waals surface area contributed by atoms with Crippen LogP contribution in [0.15, 0.2) is 48.5 Å². The highest BCUT2D eigenvalue weighted by molar-refractivity contribution is 5.91. The van der Waals surface area contributed by atoms with E-state index in [1.54, 1.807) is 38.1 Å². The van der Waals surface area contributed by atoms with Crippen LogP contribution in [0.2, 0.25) is 0 Å². The molecule has 0 fully saturated rings. The highest BCUT2D eigenvalue weighted by Crippen LogP contribution is 2.25. The van der Waals surface area contributed by atoms with Crippen molar-refractivity contribution >= 4 is 11.5 Å². The van der Waals surface area contributed by atoms with E-state index in [4.69, 9.17) is 4.74 Å². The van der Waals surface area contributed by atoms with Gasteiger partial charge in [-0.05, 0) is 42.7 Å². The minimum atomic E-state index is -0.605. The maximum Gasteiger partial charge on any atom is 0.331 e. The van der Waals surface area contributed by atoms with E-state index in [0.29, 0.717) is 17.7 Å². The first kappa shape index (κ1) is 15.9. The lowest BCUT2D eigenvalue weighted by Crippen LogP contribution is -2.00. The van der Waals surface area contributed by atoms with Gasteiger partial charge in [0.05, 0.1) is 6.61 Å². The fraction of sp³-hybridized carbons (Fsp3) is 0.167. The summed E-state index contributed by atoms with van der Waals surface area (Å²) in [5.74, 6) is -1.61. The van der Waals surface area contributed by atoms with Gasteiger partial charge in [-0.15, -0.1) is 0 Å². The number of ether oxygens (including phenoxy) is 1. The number of esters is 1. The Morgan fingerprint density at radius 3 is 2.41 bits per heavy atom. The summed E-state index contributed by atoms with van der Waals surface area (Å²) >= 11 is 0. The Morgan fingerprint density at radius 1 is 1.14 bits per heavy atom. The zero-order valence-corrected chi connectivity index (χ0v) is 12.4. The Hall–Kier alpha value is -2.49. The van der Waals surface area contributed by atoms with Crippen LogP contribution in [0.5, 0.6) is 0 Å². The van der Waals surface area contributed by atoms with Crippen molar-refractivity contribution in [2.75, 3.05) is 6.61 Å². The fourth-order valence-corrected chi connectivity index (χ4v) is 2.08. The van der Waals surface area contributed by atoms with Crippen LogP contribution < -0.4 is 0 Å².